The highest BCUT2D eigenvalue weighted by Gasteiger charge is 2.20. The number of aryl methyl sites for hydroxylation is 1. The third kappa shape index (κ3) is 4.29. The Labute approximate surface area is 206 Å². The number of hydrogen-bond acceptors (Lipinski definition) is 5. The van der Waals surface area contributed by atoms with Crippen LogP contribution in [0.25, 0.3) is 27.8 Å². The zero-order chi connectivity index (χ0) is 24.4. The van der Waals surface area contributed by atoms with Crippen LogP contribution < -0.4 is 10.5 Å². The van der Waals surface area contributed by atoms with Crippen molar-refractivity contribution in [3.8, 4) is 16.9 Å². The number of para-hydroxylation sites is 1. The lowest BCUT2D eigenvalue weighted by molar-refractivity contribution is 0.0989. The topological polar surface area (TPSA) is 68.1 Å². The maximum atomic E-state index is 13.4. The molecule has 0 unspecified atom stereocenters. The van der Waals surface area contributed by atoms with Crippen LogP contribution in [-0.4, -0.2) is 27.0 Å². The number of thiazole rings is 1. The van der Waals surface area contributed by atoms with Crippen LogP contribution in [0.1, 0.15) is 16.2 Å². The number of benzene rings is 3. The number of nitrogens with zero attached hydrogens (tertiary/aromatic N) is 4. The minimum absolute atomic E-state index is 0.142. The molecule has 172 valence electrons. The van der Waals surface area contributed by atoms with Gasteiger partial charge in [-0.15, -0.1) is 17.9 Å². The average molecular weight is 479 g/mol. The van der Waals surface area contributed by atoms with Crippen LogP contribution in [0.15, 0.2) is 102 Å². The molecular formula is C28H22N4O2S. The molecule has 0 spiro atoms. The molecule has 0 aliphatic carbocycles. The van der Waals surface area contributed by atoms with E-state index in [9.17, 15) is 9.59 Å². The van der Waals surface area contributed by atoms with E-state index in [1.165, 1.54) is 11.3 Å². The zero-order valence-corrected chi connectivity index (χ0v) is 19.9. The molecule has 0 saturated carbocycles. The lowest BCUT2D eigenvalue weighted by atomic mass is 10.1. The summed E-state index contributed by atoms with van der Waals surface area (Å²) < 4.78 is 1.56. The summed E-state index contributed by atoms with van der Waals surface area (Å²) >= 11 is 1.41. The Morgan fingerprint density at radius 2 is 1.71 bits per heavy atom. The quantitative estimate of drug-likeness (QED) is 0.296. The van der Waals surface area contributed by atoms with Crippen molar-refractivity contribution < 1.29 is 4.79 Å². The van der Waals surface area contributed by atoms with Crippen molar-refractivity contribution in [1.82, 2.24) is 14.5 Å². The Morgan fingerprint density at radius 3 is 2.46 bits per heavy atom. The maximum absolute atomic E-state index is 13.4. The molecule has 5 rings (SSSR count). The van der Waals surface area contributed by atoms with Gasteiger partial charge in [-0.05, 0) is 43.3 Å². The maximum Gasteiger partial charge on any atom is 0.265 e. The van der Waals surface area contributed by atoms with Gasteiger partial charge in [-0.3, -0.25) is 19.1 Å². The molecule has 5 aromatic rings. The largest absolute Gasteiger partial charge is 0.280 e. The number of amides is 1. The van der Waals surface area contributed by atoms with E-state index < -0.39 is 0 Å². The van der Waals surface area contributed by atoms with Crippen molar-refractivity contribution in [3.63, 3.8) is 0 Å². The third-order valence-electron chi connectivity index (χ3n) is 5.67. The van der Waals surface area contributed by atoms with E-state index >= 15 is 0 Å². The highest BCUT2D eigenvalue weighted by molar-refractivity contribution is 7.14. The first-order valence-electron chi connectivity index (χ1n) is 11.1. The number of rotatable bonds is 6. The summed E-state index contributed by atoms with van der Waals surface area (Å²) in [5, 5.41) is 3.09. The van der Waals surface area contributed by atoms with Crippen molar-refractivity contribution in [3.05, 3.63) is 119 Å². The van der Waals surface area contributed by atoms with Gasteiger partial charge in [0.1, 0.15) is 5.82 Å². The fraction of sp³-hybridized carbons (Fsp3) is 0.0714. The van der Waals surface area contributed by atoms with Crippen molar-refractivity contribution >= 4 is 33.3 Å². The highest BCUT2D eigenvalue weighted by Crippen LogP contribution is 2.28. The first-order valence-corrected chi connectivity index (χ1v) is 12.0. The van der Waals surface area contributed by atoms with E-state index in [2.05, 4.69) is 16.5 Å². The smallest absolute Gasteiger partial charge is 0.265 e. The van der Waals surface area contributed by atoms with E-state index in [0.717, 1.165) is 11.3 Å². The number of aromatic nitrogens is 3. The van der Waals surface area contributed by atoms with E-state index in [-0.39, 0.29) is 11.5 Å². The molecule has 0 fully saturated rings. The van der Waals surface area contributed by atoms with Gasteiger partial charge in [0.25, 0.3) is 11.5 Å². The van der Waals surface area contributed by atoms with Crippen LogP contribution in [0.4, 0.5) is 5.13 Å². The van der Waals surface area contributed by atoms with Gasteiger partial charge >= 0.3 is 0 Å². The number of anilines is 1. The van der Waals surface area contributed by atoms with Gasteiger partial charge in [0.05, 0.1) is 22.3 Å². The summed E-state index contributed by atoms with van der Waals surface area (Å²) in [5.74, 6) is 0.392. The van der Waals surface area contributed by atoms with Crippen molar-refractivity contribution in [2.45, 2.75) is 6.92 Å². The summed E-state index contributed by atoms with van der Waals surface area (Å²) in [6.45, 7) is 5.93. The highest BCUT2D eigenvalue weighted by atomic mass is 32.1. The second-order valence-corrected chi connectivity index (χ2v) is 8.79. The molecule has 0 saturated heterocycles. The number of hydrogen-bond donors (Lipinski definition) is 0. The second-order valence-electron chi connectivity index (χ2n) is 7.95. The van der Waals surface area contributed by atoms with Gasteiger partial charge in [-0.25, -0.2) is 9.97 Å². The van der Waals surface area contributed by atoms with Crippen LogP contribution in [0.2, 0.25) is 0 Å². The molecule has 0 bridgehead atoms. The van der Waals surface area contributed by atoms with Gasteiger partial charge in [0, 0.05) is 23.1 Å². The standard InChI is InChI=1S/C28H22N4O2S/c1-3-17-31(28-30-25(18-35-28)20-9-5-4-6-10-20)26(33)21-13-15-22(16-14-21)32-19(2)29-24-12-8-7-11-23(24)27(32)34/h3-16,18H,1,17H2,2H3. The Kier molecular flexibility index (Phi) is 6.08. The lowest BCUT2D eigenvalue weighted by Crippen LogP contribution is -2.31. The molecule has 0 atom stereocenters. The minimum atomic E-state index is -0.189. The van der Waals surface area contributed by atoms with Crippen LogP contribution in [-0.2, 0) is 0 Å². The molecule has 0 aliphatic rings. The fourth-order valence-electron chi connectivity index (χ4n) is 3.96. The molecule has 3 aromatic carbocycles. The monoisotopic (exact) mass is 478 g/mol. The van der Waals surface area contributed by atoms with Gasteiger partial charge in [-0.1, -0.05) is 48.5 Å². The van der Waals surface area contributed by atoms with Gasteiger partial charge in [0.15, 0.2) is 5.13 Å². The predicted octanol–water partition coefficient (Wildman–Crippen LogP) is 5.65. The Balaban J connectivity index is 1.46. The fourth-order valence-corrected chi connectivity index (χ4v) is 4.80. The molecule has 2 aromatic heterocycles. The number of carbonyl (C=O) groups is 1. The van der Waals surface area contributed by atoms with Gasteiger partial charge in [0.2, 0.25) is 0 Å². The van der Waals surface area contributed by atoms with Crippen LogP contribution in [0, 0.1) is 6.92 Å². The van der Waals surface area contributed by atoms with Crippen LogP contribution in [0.5, 0.6) is 0 Å². The SMILES string of the molecule is C=CCN(C(=O)c1ccc(-n2c(C)nc3ccccc3c2=O)cc1)c1nc(-c2ccccc2)cs1. The molecule has 0 aliphatic heterocycles. The summed E-state index contributed by atoms with van der Waals surface area (Å²) in [6.07, 6.45) is 1.68. The Bertz CT molecular complexity index is 1590. The molecule has 2 heterocycles. The van der Waals surface area contributed by atoms with Crippen molar-refractivity contribution in [2.24, 2.45) is 0 Å². The normalized spacial score (nSPS) is 10.9. The van der Waals surface area contributed by atoms with E-state index in [0.29, 0.717) is 39.7 Å². The summed E-state index contributed by atoms with van der Waals surface area (Å²) in [5.41, 5.74) is 3.48. The van der Waals surface area contributed by atoms with Gasteiger partial charge in [-0.2, -0.15) is 0 Å². The first kappa shape index (κ1) is 22.4. The molecule has 1 amide bonds. The number of carbonyl (C=O) groups excluding carboxylic acids is 1. The average Bonchev–Trinajstić information content (AvgIpc) is 3.38. The van der Waals surface area contributed by atoms with E-state index in [4.69, 9.17) is 0 Å². The predicted molar refractivity (Wildman–Crippen MR) is 142 cm³/mol. The molecule has 0 radical (unpaired) electrons. The molecule has 7 heteroatoms. The van der Waals surface area contributed by atoms with E-state index in [1.807, 2.05) is 53.9 Å². The van der Waals surface area contributed by atoms with Crippen molar-refractivity contribution in [2.75, 3.05) is 11.4 Å². The van der Waals surface area contributed by atoms with Crippen molar-refractivity contribution in [1.29, 1.82) is 0 Å². The lowest BCUT2D eigenvalue weighted by Gasteiger charge is -2.18. The van der Waals surface area contributed by atoms with Crippen LogP contribution in [0.3, 0.4) is 0 Å². The molecule has 0 N–H and O–H groups in total. The summed E-state index contributed by atoms with van der Waals surface area (Å²) in [6, 6.07) is 24.1. The van der Waals surface area contributed by atoms with Crippen LogP contribution >= 0.6 is 11.3 Å². The minimum Gasteiger partial charge on any atom is -0.280 e. The third-order valence-corrected chi connectivity index (χ3v) is 6.53. The molecule has 35 heavy (non-hydrogen) atoms. The van der Waals surface area contributed by atoms with Gasteiger partial charge < -0.3 is 0 Å². The number of fused-ring (bicyclic) bond motifs is 1. The molecule has 6 nitrogen and oxygen atoms in total. The second kappa shape index (κ2) is 9.48. The Morgan fingerprint density at radius 1 is 1.00 bits per heavy atom. The molecular weight excluding hydrogens is 456 g/mol. The zero-order valence-electron chi connectivity index (χ0n) is 19.1. The Hall–Kier alpha value is -4.36. The summed E-state index contributed by atoms with van der Waals surface area (Å²) in [7, 11) is 0. The first-order chi connectivity index (χ1) is 17.1. The summed E-state index contributed by atoms with van der Waals surface area (Å²) in [4.78, 5) is 37.3. The van der Waals surface area contributed by atoms with E-state index in [1.54, 1.807) is 52.8 Å².